The van der Waals surface area contributed by atoms with E-state index in [2.05, 4.69) is 4.98 Å². The lowest BCUT2D eigenvalue weighted by Crippen LogP contribution is -2.28. The molecule has 10 heteroatoms. The molecule has 0 radical (unpaired) electrons. The van der Waals surface area contributed by atoms with E-state index in [9.17, 15) is 28.1 Å². The third-order valence-corrected chi connectivity index (χ3v) is 3.40. The van der Waals surface area contributed by atoms with Gasteiger partial charge in [-0.2, -0.15) is 13.2 Å². The van der Waals surface area contributed by atoms with E-state index in [0.29, 0.717) is 18.0 Å². The second-order valence-corrected chi connectivity index (χ2v) is 5.10. The van der Waals surface area contributed by atoms with Gasteiger partial charge in [-0.1, -0.05) is 0 Å². The van der Waals surface area contributed by atoms with E-state index in [1.54, 1.807) is 17.8 Å². The number of rotatable bonds is 4. The summed E-state index contributed by atoms with van der Waals surface area (Å²) < 4.78 is 39.7. The van der Waals surface area contributed by atoms with Crippen molar-refractivity contribution in [2.75, 3.05) is 7.05 Å². The topological polar surface area (TPSA) is 81.3 Å². The molecular formula is C14H13F3N4O3. The standard InChI is InChI=1S/C14H13F3N4O3/c1-19-6-5-18-12(19)8-20(2)13(22)10-4-3-9(14(15,16)17)7-11(10)21(23)24/h3-7H,8H2,1-2H3. The van der Waals surface area contributed by atoms with Crippen LogP contribution >= 0.6 is 0 Å². The number of alkyl halides is 3. The van der Waals surface area contributed by atoms with Gasteiger partial charge >= 0.3 is 6.18 Å². The average Bonchev–Trinajstić information content (AvgIpc) is 2.90. The van der Waals surface area contributed by atoms with Crippen molar-refractivity contribution in [1.29, 1.82) is 0 Å². The van der Waals surface area contributed by atoms with Crippen LogP contribution in [0.2, 0.25) is 0 Å². The number of carbonyl (C=O) groups is 1. The van der Waals surface area contributed by atoms with E-state index in [1.165, 1.54) is 13.2 Å². The first-order valence-electron chi connectivity index (χ1n) is 6.68. The van der Waals surface area contributed by atoms with Gasteiger partial charge in [-0.25, -0.2) is 4.98 Å². The van der Waals surface area contributed by atoms with Crippen LogP contribution in [0.3, 0.4) is 0 Å². The number of nitro groups is 1. The van der Waals surface area contributed by atoms with Gasteiger partial charge in [0, 0.05) is 32.6 Å². The first-order valence-corrected chi connectivity index (χ1v) is 6.68. The molecule has 2 aromatic rings. The number of imidazole rings is 1. The third kappa shape index (κ3) is 3.53. The van der Waals surface area contributed by atoms with Crippen LogP contribution in [0.5, 0.6) is 0 Å². The summed E-state index contributed by atoms with van der Waals surface area (Å²) in [6.45, 7) is 0.0561. The molecule has 0 aliphatic carbocycles. The summed E-state index contributed by atoms with van der Waals surface area (Å²) in [5.74, 6) is -0.237. The molecule has 7 nitrogen and oxygen atoms in total. The Bertz CT molecular complexity index is 786. The van der Waals surface area contributed by atoms with Crippen LogP contribution in [0.15, 0.2) is 30.6 Å². The molecule has 0 bridgehead atoms. The number of nitrogens with zero attached hydrogens (tertiary/aromatic N) is 4. The molecule has 1 aromatic carbocycles. The highest BCUT2D eigenvalue weighted by Crippen LogP contribution is 2.33. The van der Waals surface area contributed by atoms with Gasteiger partial charge in [-0.05, 0) is 12.1 Å². The SMILES string of the molecule is CN(Cc1nccn1C)C(=O)c1ccc(C(F)(F)F)cc1[N+](=O)[O-]. The molecule has 0 spiro atoms. The predicted octanol–water partition coefficient (Wildman–Crippen LogP) is 2.62. The zero-order valence-electron chi connectivity index (χ0n) is 12.7. The van der Waals surface area contributed by atoms with Crippen LogP contribution in [0.1, 0.15) is 21.7 Å². The monoisotopic (exact) mass is 342 g/mol. The molecule has 1 amide bonds. The summed E-state index contributed by atoms with van der Waals surface area (Å²) in [4.78, 5) is 27.6. The van der Waals surface area contributed by atoms with E-state index in [-0.39, 0.29) is 6.54 Å². The second kappa shape index (κ2) is 6.30. The quantitative estimate of drug-likeness (QED) is 0.632. The number of amides is 1. The highest BCUT2D eigenvalue weighted by atomic mass is 19.4. The average molecular weight is 342 g/mol. The van der Waals surface area contributed by atoms with Crippen LogP contribution < -0.4 is 0 Å². The Kier molecular flexibility index (Phi) is 4.58. The Hall–Kier alpha value is -2.91. The number of carbonyl (C=O) groups excluding carboxylic acids is 1. The fourth-order valence-corrected chi connectivity index (χ4v) is 2.08. The van der Waals surface area contributed by atoms with Crippen molar-refractivity contribution >= 4 is 11.6 Å². The van der Waals surface area contributed by atoms with Crippen LogP contribution in [-0.2, 0) is 19.8 Å². The van der Waals surface area contributed by atoms with Crippen molar-refractivity contribution < 1.29 is 22.9 Å². The van der Waals surface area contributed by atoms with E-state index in [0.717, 1.165) is 11.0 Å². The minimum absolute atomic E-state index is 0.0561. The molecule has 0 unspecified atom stereocenters. The van der Waals surface area contributed by atoms with Gasteiger partial charge in [0.15, 0.2) is 0 Å². The van der Waals surface area contributed by atoms with Gasteiger partial charge < -0.3 is 9.47 Å². The van der Waals surface area contributed by atoms with Crippen LogP contribution in [0.4, 0.5) is 18.9 Å². The van der Waals surface area contributed by atoms with E-state index >= 15 is 0 Å². The Balaban J connectivity index is 2.34. The molecule has 1 aromatic heterocycles. The molecule has 2 rings (SSSR count). The Labute approximate surface area is 134 Å². The summed E-state index contributed by atoms with van der Waals surface area (Å²) >= 11 is 0. The molecule has 128 valence electrons. The Morgan fingerprint density at radius 1 is 1.42 bits per heavy atom. The highest BCUT2D eigenvalue weighted by molar-refractivity contribution is 5.98. The molecule has 0 saturated heterocycles. The fourth-order valence-electron chi connectivity index (χ4n) is 2.08. The van der Waals surface area contributed by atoms with Gasteiger partial charge in [-0.15, -0.1) is 0 Å². The molecule has 24 heavy (non-hydrogen) atoms. The van der Waals surface area contributed by atoms with Gasteiger partial charge in [0.25, 0.3) is 11.6 Å². The minimum atomic E-state index is -4.73. The zero-order chi connectivity index (χ0) is 18.1. The number of halogens is 3. The second-order valence-electron chi connectivity index (χ2n) is 5.10. The van der Waals surface area contributed by atoms with Gasteiger partial charge in [0.05, 0.1) is 17.0 Å². The highest BCUT2D eigenvalue weighted by Gasteiger charge is 2.34. The third-order valence-electron chi connectivity index (χ3n) is 3.40. The van der Waals surface area contributed by atoms with Gasteiger partial charge in [0.2, 0.25) is 0 Å². The molecule has 1 heterocycles. The lowest BCUT2D eigenvalue weighted by atomic mass is 10.1. The first-order chi connectivity index (χ1) is 11.1. The maximum absolute atomic E-state index is 12.7. The number of hydrogen-bond donors (Lipinski definition) is 0. The van der Waals surface area contributed by atoms with E-state index in [1.807, 2.05) is 0 Å². The number of aromatic nitrogens is 2. The van der Waals surface area contributed by atoms with Crippen molar-refractivity contribution in [3.8, 4) is 0 Å². The zero-order valence-corrected chi connectivity index (χ0v) is 12.7. The molecule has 0 aliphatic heterocycles. The summed E-state index contributed by atoms with van der Waals surface area (Å²) in [6, 6.07) is 1.83. The summed E-state index contributed by atoms with van der Waals surface area (Å²) in [6.07, 6.45) is -1.55. The van der Waals surface area contributed by atoms with Crippen molar-refractivity contribution in [1.82, 2.24) is 14.5 Å². The van der Waals surface area contributed by atoms with Crippen molar-refractivity contribution in [2.45, 2.75) is 12.7 Å². The lowest BCUT2D eigenvalue weighted by molar-refractivity contribution is -0.385. The maximum Gasteiger partial charge on any atom is 0.416 e. The van der Waals surface area contributed by atoms with Crippen molar-refractivity contribution in [3.05, 3.63) is 57.7 Å². The molecule has 0 atom stereocenters. The van der Waals surface area contributed by atoms with E-state index in [4.69, 9.17) is 0 Å². The summed E-state index contributed by atoms with van der Waals surface area (Å²) in [5.41, 5.74) is -2.48. The molecule has 0 fully saturated rings. The number of aryl methyl sites for hydroxylation is 1. The van der Waals surface area contributed by atoms with Crippen molar-refractivity contribution in [3.63, 3.8) is 0 Å². The predicted molar refractivity (Wildman–Crippen MR) is 77.1 cm³/mol. The van der Waals surface area contributed by atoms with Crippen molar-refractivity contribution in [2.24, 2.45) is 7.05 Å². The summed E-state index contributed by atoms with van der Waals surface area (Å²) in [5, 5.41) is 11.1. The molecular weight excluding hydrogens is 329 g/mol. The number of benzene rings is 1. The van der Waals surface area contributed by atoms with Crippen LogP contribution in [0.25, 0.3) is 0 Å². The molecule has 0 aliphatic rings. The smallest absolute Gasteiger partial charge is 0.337 e. The van der Waals surface area contributed by atoms with Crippen LogP contribution in [0, 0.1) is 10.1 Å². The molecule has 0 N–H and O–H groups in total. The van der Waals surface area contributed by atoms with Gasteiger partial charge in [0.1, 0.15) is 11.4 Å². The number of hydrogen-bond acceptors (Lipinski definition) is 4. The largest absolute Gasteiger partial charge is 0.416 e. The lowest BCUT2D eigenvalue weighted by Gasteiger charge is -2.17. The Morgan fingerprint density at radius 3 is 2.58 bits per heavy atom. The summed E-state index contributed by atoms with van der Waals surface area (Å²) in [7, 11) is 3.10. The van der Waals surface area contributed by atoms with E-state index < -0.39 is 33.8 Å². The fraction of sp³-hybridized carbons (Fsp3) is 0.286. The maximum atomic E-state index is 12.7. The Morgan fingerprint density at radius 2 is 2.08 bits per heavy atom. The van der Waals surface area contributed by atoms with Gasteiger partial charge in [-0.3, -0.25) is 14.9 Å². The normalized spacial score (nSPS) is 11.4. The number of nitro benzene ring substituents is 1. The minimum Gasteiger partial charge on any atom is -0.337 e. The first kappa shape index (κ1) is 17.4. The van der Waals surface area contributed by atoms with Crippen LogP contribution in [-0.4, -0.2) is 32.3 Å². The molecule has 0 saturated carbocycles.